The molecule has 0 aromatic heterocycles. The van der Waals surface area contributed by atoms with E-state index in [-0.39, 0.29) is 17.2 Å². The van der Waals surface area contributed by atoms with Gasteiger partial charge in [0.15, 0.2) is 0 Å². The Morgan fingerprint density at radius 2 is 2.26 bits per heavy atom. The molecule has 0 saturated heterocycles. The third-order valence-electron chi connectivity index (χ3n) is 2.42. The van der Waals surface area contributed by atoms with E-state index in [9.17, 15) is 14.9 Å². The number of anilines is 1. The van der Waals surface area contributed by atoms with Gasteiger partial charge in [-0.05, 0) is 24.5 Å². The van der Waals surface area contributed by atoms with Gasteiger partial charge in [0, 0.05) is 18.7 Å². The number of nitro benzene ring substituents is 1. The first kappa shape index (κ1) is 15.3. The van der Waals surface area contributed by atoms with Crippen LogP contribution in [0.1, 0.15) is 16.8 Å². The van der Waals surface area contributed by atoms with Gasteiger partial charge >= 0.3 is 0 Å². The minimum atomic E-state index is -0.551. The summed E-state index contributed by atoms with van der Waals surface area (Å²) in [5.41, 5.74) is 2.73. The molecule has 0 aliphatic rings. The number of nitrogens with one attached hydrogen (secondary N) is 2. The van der Waals surface area contributed by atoms with Crippen LogP contribution in [0.25, 0.3) is 0 Å². The van der Waals surface area contributed by atoms with Crippen LogP contribution >= 0.6 is 11.8 Å². The molecule has 104 valence electrons. The number of hydrogen-bond donors (Lipinski definition) is 3. The molecule has 1 aromatic rings. The maximum Gasteiger partial charge on any atom is 0.270 e. The van der Waals surface area contributed by atoms with Gasteiger partial charge in [-0.2, -0.15) is 11.8 Å². The van der Waals surface area contributed by atoms with Crippen molar-refractivity contribution in [2.45, 2.75) is 6.42 Å². The maximum atomic E-state index is 11.9. The topological polar surface area (TPSA) is 110 Å². The van der Waals surface area contributed by atoms with Crippen LogP contribution in [0.15, 0.2) is 18.2 Å². The fourth-order valence-electron chi connectivity index (χ4n) is 1.47. The van der Waals surface area contributed by atoms with Crippen LogP contribution in [0.3, 0.4) is 0 Å². The molecule has 7 nitrogen and oxygen atoms in total. The van der Waals surface area contributed by atoms with E-state index in [1.807, 2.05) is 6.26 Å². The Hall–Kier alpha value is -1.80. The number of nitrogens with zero attached hydrogens (tertiary/aromatic N) is 1. The second-order valence-corrected chi connectivity index (χ2v) is 4.72. The Labute approximate surface area is 115 Å². The van der Waals surface area contributed by atoms with E-state index in [0.29, 0.717) is 12.2 Å². The van der Waals surface area contributed by atoms with E-state index in [0.717, 1.165) is 12.2 Å². The second-order valence-electron chi connectivity index (χ2n) is 3.73. The fraction of sp³-hybridized carbons (Fsp3) is 0.364. The van der Waals surface area contributed by atoms with Crippen LogP contribution in [-0.2, 0) is 0 Å². The zero-order valence-electron chi connectivity index (χ0n) is 10.5. The van der Waals surface area contributed by atoms with Crippen LogP contribution < -0.4 is 16.6 Å². The molecule has 8 heteroatoms. The second kappa shape index (κ2) is 7.59. The number of thioether (sulfide) groups is 1. The van der Waals surface area contributed by atoms with Crippen molar-refractivity contribution >= 4 is 29.0 Å². The SMILES string of the molecule is CSCCCNC(=O)c1cc([N+](=O)[O-])ccc1NN. The van der Waals surface area contributed by atoms with Gasteiger partial charge in [0.2, 0.25) is 0 Å². The lowest BCUT2D eigenvalue weighted by Crippen LogP contribution is -2.26. The summed E-state index contributed by atoms with van der Waals surface area (Å²) in [5.74, 6) is 5.85. The normalized spacial score (nSPS) is 10.0. The first-order valence-corrected chi connectivity index (χ1v) is 7.01. The Kier molecular flexibility index (Phi) is 6.10. The smallest absolute Gasteiger partial charge is 0.270 e. The van der Waals surface area contributed by atoms with E-state index < -0.39 is 4.92 Å². The number of carbonyl (C=O) groups excluding carboxylic acids is 1. The first-order valence-electron chi connectivity index (χ1n) is 5.62. The van der Waals surface area contributed by atoms with Gasteiger partial charge in [-0.1, -0.05) is 0 Å². The summed E-state index contributed by atoms with van der Waals surface area (Å²) >= 11 is 1.69. The summed E-state index contributed by atoms with van der Waals surface area (Å²) in [6.45, 7) is 0.520. The molecule has 0 heterocycles. The van der Waals surface area contributed by atoms with Crippen molar-refractivity contribution in [3.63, 3.8) is 0 Å². The molecule has 0 aliphatic heterocycles. The number of amides is 1. The molecule has 0 radical (unpaired) electrons. The molecule has 0 bridgehead atoms. The summed E-state index contributed by atoms with van der Waals surface area (Å²) in [6, 6.07) is 3.91. The number of rotatable bonds is 7. The molecular formula is C11H16N4O3S. The average molecular weight is 284 g/mol. The highest BCUT2D eigenvalue weighted by atomic mass is 32.2. The molecule has 1 aromatic carbocycles. The number of nitro groups is 1. The minimum Gasteiger partial charge on any atom is -0.352 e. The zero-order valence-corrected chi connectivity index (χ0v) is 11.3. The zero-order chi connectivity index (χ0) is 14.3. The Morgan fingerprint density at radius 1 is 1.53 bits per heavy atom. The lowest BCUT2D eigenvalue weighted by molar-refractivity contribution is -0.384. The Morgan fingerprint density at radius 3 is 2.84 bits per heavy atom. The van der Waals surface area contributed by atoms with Crippen LogP contribution in [0.2, 0.25) is 0 Å². The number of hydrogen-bond acceptors (Lipinski definition) is 6. The standard InChI is InChI=1S/C11H16N4O3S/c1-19-6-2-5-13-11(16)9-7-8(15(17)18)3-4-10(9)14-12/h3-4,7,14H,2,5-6,12H2,1H3,(H,13,16). The van der Waals surface area contributed by atoms with Gasteiger partial charge in [-0.3, -0.25) is 20.8 Å². The van der Waals surface area contributed by atoms with E-state index >= 15 is 0 Å². The lowest BCUT2D eigenvalue weighted by atomic mass is 10.1. The van der Waals surface area contributed by atoms with Crippen molar-refractivity contribution < 1.29 is 9.72 Å². The molecule has 0 saturated carbocycles. The maximum absolute atomic E-state index is 11.9. The van der Waals surface area contributed by atoms with Gasteiger partial charge in [0.1, 0.15) is 0 Å². The molecule has 0 unspecified atom stereocenters. The number of nitrogen functional groups attached to an aromatic ring is 1. The van der Waals surface area contributed by atoms with Crippen molar-refractivity contribution in [1.82, 2.24) is 5.32 Å². The minimum absolute atomic E-state index is 0.145. The Bertz CT molecular complexity index is 467. The van der Waals surface area contributed by atoms with Gasteiger partial charge in [0.05, 0.1) is 16.2 Å². The monoisotopic (exact) mass is 284 g/mol. The van der Waals surface area contributed by atoms with Crippen LogP contribution in [0.4, 0.5) is 11.4 Å². The van der Waals surface area contributed by atoms with Crippen molar-refractivity contribution in [3.05, 3.63) is 33.9 Å². The van der Waals surface area contributed by atoms with Crippen molar-refractivity contribution in [3.8, 4) is 0 Å². The predicted octanol–water partition coefficient (Wildman–Crippen LogP) is 1.36. The van der Waals surface area contributed by atoms with Gasteiger partial charge in [-0.15, -0.1) is 0 Å². The number of benzene rings is 1. The predicted molar refractivity (Wildman–Crippen MR) is 76.2 cm³/mol. The summed E-state index contributed by atoms with van der Waals surface area (Å²) in [5, 5.41) is 13.4. The molecule has 4 N–H and O–H groups in total. The highest BCUT2D eigenvalue weighted by Gasteiger charge is 2.15. The first-order chi connectivity index (χ1) is 9.10. The summed E-state index contributed by atoms with van der Waals surface area (Å²) < 4.78 is 0. The lowest BCUT2D eigenvalue weighted by Gasteiger charge is -2.09. The van der Waals surface area contributed by atoms with E-state index in [4.69, 9.17) is 5.84 Å². The molecule has 1 amide bonds. The number of hydrazine groups is 1. The summed E-state index contributed by atoms with van der Waals surface area (Å²) in [6.07, 6.45) is 2.83. The van der Waals surface area contributed by atoms with Crippen LogP contribution in [-0.4, -0.2) is 29.4 Å². The third-order valence-corrected chi connectivity index (χ3v) is 3.12. The fourth-order valence-corrected chi connectivity index (χ4v) is 1.91. The molecule has 1 rings (SSSR count). The van der Waals surface area contributed by atoms with Crippen molar-refractivity contribution in [2.75, 3.05) is 24.0 Å². The Balaban J connectivity index is 2.81. The average Bonchev–Trinajstić information content (AvgIpc) is 2.42. The largest absolute Gasteiger partial charge is 0.352 e. The summed E-state index contributed by atoms with van der Waals surface area (Å²) in [4.78, 5) is 22.1. The molecule has 0 aliphatic carbocycles. The van der Waals surface area contributed by atoms with Crippen molar-refractivity contribution in [2.24, 2.45) is 5.84 Å². The molecular weight excluding hydrogens is 268 g/mol. The number of nitrogens with two attached hydrogens (primary N) is 1. The van der Waals surface area contributed by atoms with E-state index in [1.54, 1.807) is 11.8 Å². The molecule has 0 atom stereocenters. The third kappa shape index (κ3) is 4.42. The van der Waals surface area contributed by atoms with Crippen LogP contribution in [0.5, 0.6) is 0 Å². The number of carbonyl (C=O) groups is 1. The van der Waals surface area contributed by atoms with E-state index in [2.05, 4.69) is 10.7 Å². The van der Waals surface area contributed by atoms with Gasteiger partial charge in [0.25, 0.3) is 11.6 Å². The molecule has 0 fully saturated rings. The van der Waals surface area contributed by atoms with Gasteiger partial charge in [-0.25, -0.2) is 0 Å². The van der Waals surface area contributed by atoms with Gasteiger partial charge < -0.3 is 10.7 Å². The van der Waals surface area contributed by atoms with E-state index in [1.165, 1.54) is 18.2 Å². The van der Waals surface area contributed by atoms with Crippen molar-refractivity contribution in [1.29, 1.82) is 0 Å². The van der Waals surface area contributed by atoms with Crippen LogP contribution in [0, 0.1) is 10.1 Å². The quantitative estimate of drug-likeness (QED) is 0.302. The molecule has 19 heavy (non-hydrogen) atoms. The number of non-ortho nitro benzene ring substituents is 1. The highest BCUT2D eigenvalue weighted by Crippen LogP contribution is 2.21. The summed E-state index contributed by atoms with van der Waals surface area (Å²) in [7, 11) is 0. The highest BCUT2D eigenvalue weighted by molar-refractivity contribution is 7.98. The molecule has 0 spiro atoms.